The summed E-state index contributed by atoms with van der Waals surface area (Å²) >= 11 is 0. The number of carbonyl (C=O) groups excluding carboxylic acids is 1. The summed E-state index contributed by atoms with van der Waals surface area (Å²) < 4.78 is 0. The van der Waals surface area contributed by atoms with Crippen LogP contribution in [0, 0.1) is 0 Å². The van der Waals surface area contributed by atoms with E-state index in [4.69, 9.17) is 0 Å². The molecule has 0 saturated heterocycles. The third-order valence-corrected chi connectivity index (χ3v) is 0.794. The molecule has 0 bridgehead atoms. The van der Waals surface area contributed by atoms with Gasteiger partial charge in [0.15, 0.2) is 5.78 Å². The first-order chi connectivity index (χ1) is 3.68. The number of rotatable bonds is 2. The van der Waals surface area contributed by atoms with Crippen LogP contribution in [0.1, 0.15) is 13.8 Å². The molecule has 0 rings (SSSR count). The highest BCUT2D eigenvalue weighted by Gasteiger charge is 1.92. The number of hydrogen-bond acceptors (Lipinski definition) is 2. The second-order valence-electron chi connectivity index (χ2n) is 1.45. The molecule has 0 radical (unpaired) electrons. The number of nitrogens with zero attached hydrogens (tertiary/aromatic N) is 1. The minimum Gasteiger partial charge on any atom is -0.293 e. The minimum absolute atomic E-state index is 0.00935. The molecule has 0 aliphatic rings. The molecule has 2 heteroatoms. The van der Waals surface area contributed by atoms with E-state index in [0.29, 0.717) is 5.71 Å². The van der Waals surface area contributed by atoms with Crippen molar-refractivity contribution in [2.75, 3.05) is 0 Å². The van der Waals surface area contributed by atoms with Crippen LogP contribution in [0.4, 0.5) is 0 Å². The van der Waals surface area contributed by atoms with Gasteiger partial charge in [-0.1, -0.05) is 6.58 Å². The Balaban J connectivity index is 3.99. The zero-order valence-corrected chi connectivity index (χ0v) is 5.14. The van der Waals surface area contributed by atoms with E-state index in [9.17, 15) is 4.79 Å². The summed E-state index contributed by atoms with van der Waals surface area (Å²) in [5.41, 5.74) is 0.500. The molecule has 44 valence electrons. The first-order valence-corrected chi connectivity index (χ1v) is 2.34. The van der Waals surface area contributed by atoms with Gasteiger partial charge in [-0.15, -0.1) is 0 Å². The third-order valence-electron chi connectivity index (χ3n) is 0.794. The smallest absolute Gasteiger partial charge is 0.173 e. The van der Waals surface area contributed by atoms with E-state index < -0.39 is 0 Å². The van der Waals surface area contributed by atoms with Crippen LogP contribution in [0.2, 0.25) is 0 Å². The van der Waals surface area contributed by atoms with Crippen molar-refractivity contribution in [1.82, 2.24) is 0 Å². The lowest BCUT2D eigenvalue weighted by Gasteiger charge is -1.85. The maximum Gasteiger partial charge on any atom is 0.173 e. The average Bonchev–Trinajstić information content (AvgIpc) is 1.67. The largest absolute Gasteiger partial charge is 0.293 e. The summed E-state index contributed by atoms with van der Waals surface area (Å²) in [5.74, 6) is -0.00935. The van der Waals surface area contributed by atoms with Gasteiger partial charge in [0.25, 0.3) is 0 Å². The molecule has 0 fully saturated rings. The van der Waals surface area contributed by atoms with Crippen LogP contribution < -0.4 is 0 Å². The molecule has 0 aromatic carbocycles. The molecule has 0 spiro atoms. The molecule has 0 aliphatic carbocycles. The Bertz CT molecular complexity index is 135. The molecule has 8 heavy (non-hydrogen) atoms. The lowest BCUT2D eigenvalue weighted by molar-refractivity contribution is -0.111. The van der Waals surface area contributed by atoms with Crippen LogP contribution in [0.15, 0.2) is 17.8 Å². The highest BCUT2D eigenvalue weighted by molar-refractivity contribution is 6.38. The fourth-order valence-electron chi connectivity index (χ4n) is 0.228. The van der Waals surface area contributed by atoms with Crippen molar-refractivity contribution in [3.05, 3.63) is 12.8 Å². The third kappa shape index (κ3) is 2.29. The highest BCUT2D eigenvalue weighted by atomic mass is 16.1. The highest BCUT2D eigenvalue weighted by Crippen LogP contribution is 1.78. The van der Waals surface area contributed by atoms with Gasteiger partial charge in [-0.2, -0.15) is 0 Å². The summed E-state index contributed by atoms with van der Waals surface area (Å²) in [4.78, 5) is 14.0. The Morgan fingerprint density at radius 2 is 2.12 bits per heavy atom. The molecular formula is C6H9NO. The van der Waals surface area contributed by atoms with Crippen molar-refractivity contribution in [3.63, 3.8) is 0 Å². The maximum absolute atomic E-state index is 10.4. The number of hydrogen-bond donors (Lipinski definition) is 0. The quantitative estimate of drug-likeness (QED) is 0.492. The van der Waals surface area contributed by atoms with E-state index in [1.807, 2.05) is 0 Å². The van der Waals surface area contributed by atoms with E-state index in [0.717, 1.165) is 0 Å². The van der Waals surface area contributed by atoms with Crippen molar-refractivity contribution >= 4 is 11.5 Å². The van der Waals surface area contributed by atoms with Crippen molar-refractivity contribution in [3.8, 4) is 0 Å². The van der Waals surface area contributed by atoms with Crippen LogP contribution in [0.25, 0.3) is 0 Å². The number of carbonyl (C=O) groups is 1. The van der Waals surface area contributed by atoms with Gasteiger partial charge in [-0.05, 0) is 6.92 Å². The summed E-state index contributed by atoms with van der Waals surface area (Å²) in [5, 5.41) is 0. The lowest BCUT2D eigenvalue weighted by atomic mass is 10.3. The second-order valence-corrected chi connectivity index (χ2v) is 1.45. The maximum atomic E-state index is 10.4. The molecule has 0 aliphatic heterocycles. The summed E-state index contributed by atoms with van der Waals surface area (Å²) in [6, 6.07) is 0. The van der Waals surface area contributed by atoms with Gasteiger partial charge < -0.3 is 0 Å². The molecule has 0 unspecified atom stereocenters. The van der Waals surface area contributed by atoms with E-state index >= 15 is 0 Å². The van der Waals surface area contributed by atoms with Gasteiger partial charge in [0.05, 0.1) is 5.71 Å². The van der Waals surface area contributed by atoms with Crippen LogP contribution in [-0.4, -0.2) is 11.5 Å². The zero-order chi connectivity index (χ0) is 6.57. The lowest BCUT2D eigenvalue weighted by Crippen LogP contribution is -2.02. The van der Waals surface area contributed by atoms with E-state index in [-0.39, 0.29) is 5.78 Å². The van der Waals surface area contributed by atoms with Gasteiger partial charge in [-0.25, -0.2) is 0 Å². The monoisotopic (exact) mass is 111 g/mol. The fourth-order valence-corrected chi connectivity index (χ4v) is 0.228. The Morgan fingerprint density at radius 1 is 1.62 bits per heavy atom. The van der Waals surface area contributed by atoms with Crippen LogP contribution in [-0.2, 0) is 4.79 Å². The van der Waals surface area contributed by atoms with Crippen LogP contribution in [0.3, 0.4) is 0 Å². The number of ketones is 1. The number of aliphatic imine (C=N–C) groups is 1. The van der Waals surface area contributed by atoms with Gasteiger partial charge in [0.1, 0.15) is 0 Å². The Kier molecular flexibility index (Phi) is 2.77. The summed E-state index contributed by atoms with van der Waals surface area (Å²) in [7, 11) is 0. The molecule has 0 amide bonds. The molecule has 0 atom stereocenters. The Labute approximate surface area is 48.9 Å². The van der Waals surface area contributed by atoms with Gasteiger partial charge >= 0.3 is 0 Å². The summed E-state index contributed by atoms with van der Waals surface area (Å²) in [6.45, 7) is 6.47. The van der Waals surface area contributed by atoms with Crippen molar-refractivity contribution < 1.29 is 4.79 Å². The van der Waals surface area contributed by atoms with E-state index in [1.165, 1.54) is 13.1 Å². The first-order valence-electron chi connectivity index (χ1n) is 2.34. The molecule has 0 saturated carbocycles. The molecule has 0 aromatic rings. The summed E-state index contributed by atoms with van der Waals surface area (Å²) in [6.07, 6.45) is 1.36. The molecule has 2 nitrogen and oxygen atoms in total. The SMILES string of the molecule is C=CN=C(C)C(C)=O. The number of Topliss-reactive ketones (excluding diaryl/α,β-unsaturated/α-hetero) is 1. The molecular weight excluding hydrogens is 102 g/mol. The first kappa shape index (κ1) is 7.08. The average molecular weight is 111 g/mol. The van der Waals surface area contributed by atoms with Gasteiger partial charge in [0.2, 0.25) is 0 Å². The normalized spacial score (nSPS) is 11.0. The van der Waals surface area contributed by atoms with E-state index in [2.05, 4.69) is 11.6 Å². The predicted molar refractivity (Wildman–Crippen MR) is 34.0 cm³/mol. The van der Waals surface area contributed by atoms with Crippen molar-refractivity contribution in [1.29, 1.82) is 0 Å². The minimum atomic E-state index is -0.00935. The van der Waals surface area contributed by atoms with Crippen molar-refractivity contribution in [2.24, 2.45) is 4.99 Å². The topological polar surface area (TPSA) is 29.4 Å². The molecule has 0 aromatic heterocycles. The fraction of sp³-hybridized carbons (Fsp3) is 0.333. The standard InChI is InChI=1S/C6H9NO/c1-4-7-5(2)6(3)8/h4H,1H2,2-3H3. The Hall–Kier alpha value is -0.920. The molecule has 0 heterocycles. The second kappa shape index (κ2) is 3.13. The predicted octanol–water partition coefficient (Wildman–Crippen LogP) is 1.18. The Morgan fingerprint density at radius 3 is 2.25 bits per heavy atom. The van der Waals surface area contributed by atoms with Gasteiger partial charge in [0, 0.05) is 13.1 Å². The van der Waals surface area contributed by atoms with Gasteiger partial charge in [-0.3, -0.25) is 9.79 Å². The van der Waals surface area contributed by atoms with E-state index in [1.54, 1.807) is 6.92 Å². The molecule has 0 N–H and O–H groups in total. The van der Waals surface area contributed by atoms with Crippen LogP contribution >= 0.6 is 0 Å². The zero-order valence-electron chi connectivity index (χ0n) is 5.14. The van der Waals surface area contributed by atoms with Crippen LogP contribution in [0.5, 0.6) is 0 Å². The van der Waals surface area contributed by atoms with Crippen molar-refractivity contribution in [2.45, 2.75) is 13.8 Å².